The Kier molecular flexibility index (Phi) is 6.43. The highest BCUT2D eigenvalue weighted by Gasteiger charge is 2.14. The molecule has 0 unspecified atom stereocenters. The van der Waals surface area contributed by atoms with Crippen molar-refractivity contribution in [1.29, 1.82) is 0 Å². The number of carbonyl (C=O) groups is 1. The van der Waals surface area contributed by atoms with Crippen LogP contribution in [0, 0.1) is 0 Å². The van der Waals surface area contributed by atoms with Crippen molar-refractivity contribution >= 4 is 27.9 Å². The van der Waals surface area contributed by atoms with E-state index in [4.69, 9.17) is 4.74 Å². The van der Waals surface area contributed by atoms with E-state index in [1.165, 1.54) is 44.2 Å². The minimum Gasteiger partial charge on any atom is -0.462 e. The Balaban J connectivity index is 1.86. The van der Waals surface area contributed by atoms with E-state index in [9.17, 15) is 4.79 Å². The lowest BCUT2D eigenvalue weighted by molar-refractivity contribution is 0.0526. The Labute approximate surface area is 160 Å². The molecule has 0 fully saturated rings. The molecule has 0 bridgehead atoms. The molecular weight excluding hydrogens is 338 g/mol. The van der Waals surface area contributed by atoms with E-state index in [0.29, 0.717) is 12.2 Å². The zero-order valence-electron chi connectivity index (χ0n) is 16.6. The van der Waals surface area contributed by atoms with Crippen LogP contribution in [0.15, 0.2) is 24.3 Å². The summed E-state index contributed by atoms with van der Waals surface area (Å²) in [7, 11) is 2.08. The Hall–Kier alpha value is -2.43. The molecule has 0 aliphatic rings. The quantitative estimate of drug-likeness (QED) is 0.385. The minimum absolute atomic E-state index is 0.300. The SMILES string of the molecule is CCCCCCCCc1cc2nnc3ccc(C(=O)OCC)cc3c2n1C. The molecule has 1 aromatic carbocycles. The van der Waals surface area contributed by atoms with Gasteiger partial charge in [-0.05, 0) is 44.0 Å². The van der Waals surface area contributed by atoms with Crippen molar-refractivity contribution < 1.29 is 9.53 Å². The number of hydrogen-bond donors (Lipinski definition) is 0. The predicted octanol–water partition coefficient (Wildman–Crippen LogP) is 5.20. The summed E-state index contributed by atoms with van der Waals surface area (Å²) >= 11 is 0. The largest absolute Gasteiger partial charge is 0.462 e. The van der Waals surface area contributed by atoms with Crippen LogP contribution in [0.5, 0.6) is 0 Å². The van der Waals surface area contributed by atoms with Gasteiger partial charge in [0.15, 0.2) is 0 Å². The number of esters is 1. The van der Waals surface area contributed by atoms with Crippen LogP contribution in [-0.4, -0.2) is 27.3 Å². The molecule has 0 N–H and O–H groups in total. The molecule has 0 radical (unpaired) electrons. The van der Waals surface area contributed by atoms with Gasteiger partial charge < -0.3 is 9.30 Å². The molecule has 5 nitrogen and oxygen atoms in total. The Bertz CT molecular complexity index is 930. The van der Waals surface area contributed by atoms with Crippen LogP contribution < -0.4 is 0 Å². The lowest BCUT2D eigenvalue weighted by Gasteiger charge is -2.07. The van der Waals surface area contributed by atoms with E-state index >= 15 is 0 Å². The highest BCUT2D eigenvalue weighted by Crippen LogP contribution is 2.26. The second-order valence-corrected chi connectivity index (χ2v) is 7.10. The van der Waals surface area contributed by atoms with Gasteiger partial charge in [-0.25, -0.2) is 4.79 Å². The smallest absolute Gasteiger partial charge is 0.338 e. The summed E-state index contributed by atoms with van der Waals surface area (Å²) in [5, 5.41) is 9.65. The summed E-state index contributed by atoms with van der Waals surface area (Å²) in [6, 6.07) is 7.60. The van der Waals surface area contributed by atoms with Gasteiger partial charge >= 0.3 is 5.97 Å². The number of aryl methyl sites for hydroxylation is 2. The van der Waals surface area contributed by atoms with Crippen LogP contribution in [0.3, 0.4) is 0 Å². The second kappa shape index (κ2) is 8.98. The molecule has 0 aliphatic heterocycles. The fourth-order valence-electron chi connectivity index (χ4n) is 3.62. The predicted molar refractivity (Wildman–Crippen MR) is 109 cm³/mol. The topological polar surface area (TPSA) is 57.0 Å². The summed E-state index contributed by atoms with van der Waals surface area (Å²) in [6.45, 7) is 4.43. The molecule has 3 rings (SSSR count). The van der Waals surface area contributed by atoms with Crippen molar-refractivity contribution in [2.24, 2.45) is 7.05 Å². The number of fused-ring (bicyclic) bond motifs is 3. The first-order chi connectivity index (χ1) is 13.2. The van der Waals surface area contributed by atoms with Crippen molar-refractivity contribution in [3.05, 3.63) is 35.5 Å². The maximum Gasteiger partial charge on any atom is 0.338 e. The molecule has 5 heteroatoms. The Morgan fingerprint density at radius 3 is 2.52 bits per heavy atom. The third kappa shape index (κ3) is 4.29. The van der Waals surface area contributed by atoms with Crippen molar-refractivity contribution in [3.63, 3.8) is 0 Å². The van der Waals surface area contributed by atoms with Crippen LogP contribution in [0.25, 0.3) is 21.9 Å². The van der Waals surface area contributed by atoms with E-state index in [1.54, 1.807) is 6.07 Å². The average Bonchev–Trinajstić information content (AvgIpc) is 3.00. The molecule has 2 heterocycles. The van der Waals surface area contributed by atoms with Gasteiger partial charge in [-0.15, -0.1) is 10.2 Å². The maximum absolute atomic E-state index is 12.1. The lowest BCUT2D eigenvalue weighted by Crippen LogP contribution is -2.05. The third-order valence-corrected chi connectivity index (χ3v) is 5.13. The van der Waals surface area contributed by atoms with E-state index in [1.807, 2.05) is 19.1 Å². The number of unbranched alkanes of at least 4 members (excludes halogenated alkanes) is 5. The summed E-state index contributed by atoms with van der Waals surface area (Å²) in [4.78, 5) is 12.1. The van der Waals surface area contributed by atoms with Gasteiger partial charge in [0, 0.05) is 18.1 Å². The van der Waals surface area contributed by atoms with Crippen LogP contribution in [0.4, 0.5) is 0 Å². The molecule has 27 heavy (non-hydrogen) atoms. The van der Waals surface area contributed by atoms with E-state index in [0.717, 1.165) is 28.4 Å². The van der Waals surface area contributed by atoms with Gasteiger partial charge in [-0.3, -0.25) is 0 Å². The van der Waals surface area contributed by atoms with Gasteiger partial charge in [-0.1, -0.05) is 39.0 Å². The molecule has 0 amide bonds. The molecule has 0 spiro atoms. The molecule has 3 aromatic rings. The number of hydrogen-bond acceptors (Lipinski definition) is 4. The highest BCUT2D eigenvalue weighted by molar-refractivity contribution is 6.05. The fraction of sp³-hybridized carbons (Fsp3) is 0.500. The standard InChI is InChI=1S/C22H29N3O2/c1-4-6-7-8-9-10-11-17-15-20-21(25(17)3)18-14-16(22(26)27-5-2)12-13-19(18)23-24-20/h12-15H,4-11H2,1-3H3. The first kappa shape index (κ1) is 19.3. The first-order valence-electron chi connectivity index (χ1n) is 10.1. The molecule has 0 saturated heterocycles. The second-order valence-electron chi connectivity index (χ2n) is 7.10. The summed E-state index contributed by atoms with van der Waals surface area (Å²) in [6.07, 6.45) is 8.75. The number of rotatable bonds is 9. The normalized spacial score (nSPS) is 11.4. The van der Waals surface area contributed by atoms with Crippen LogP contribution in [0.2, 0.25) is 0 Å². The molecule has 0 atom stereocenters. The Morgan fingerprint density at radius 1 is 1.00 bits per heavy atom. The highest BCUT2D eigenvalue weighted by atomic mass is 16.5. The number of benzene rings is 1. The summed E-state index contributed by atoms with van der Waals surface area (Å²) < 4.78 is 7.34. The zero-order valence-corrected chi connectivity index (χ0v) is 16.6. The van der Waals surface area contributed by atoms with E-state index in [2.05, 4.69) is 34.8 Å². The number of nitrogens with zero attached hydrogens (tertiary/aromatic N) is 3. The maximum atomic E-state index is 12.1. The van der Waals surface area contributed by atoms with E-state index < -0.39 is 0 Å². The zero-order chi connectivity index (χ0) is 19.2. The van der Waals surface area contributed by atoms with Crippen molar-refractivity contribution in [3.8, 4) is 0 Å². The van der Waals surface area contributed by atoms with Crippen molar-refractivity contribution in [1.82, 2.24) is 14.8 Å². The average molecular weight is 367 g/mol. The van der Waals surface area contributed by atoms with Gasteiger partial charge in [0.1, 0.15) is 5.52 Å². The summed E-state index contributed by atoms with van der Waals surface area (Å²) in [5.41, 5.74) is 4.53. The number of carbonyl (C=O) groups excluding carboxylic acids is 1. The first-order valence-corrected chi connectivity index (χ1v) is 10.1. The lowest BCUT2D eigenvalue weighted by atomic mass is 10.1. The van der Waals surface area contributed by atoms with Crippen LogP contribution in [-0.2, 0) is 18.2 Å². The molecule has 144 valence electrons. The molecule has 2 aromatic heterocycles. The Morgan fingerprint density at radius 2 is 1.74 bits per heavy atom. The number of ether oxygens (including phenoxy) is 1. The third-order valence-electron chi connectivity index (χ3n) is 5.13. The van der Waals surface area contributed by atoms with Gasteiger partial charge in [0.2, 0.25) is 0 Å². The summed E-state index contributed by atoms with van der Waals surface area (Å²) in [5.74, 6) is -0.300. The molecule has 0 aliphatic carbocycles. The molecule has 0 saturated carbocycles. The van der Waals surface area contributed by atoms with Gasteiger partial charge in [0.25, 0.3) is 0 Å². The fourth-order valence-corrected chi connectivity index (χ4v) is 3.62. The minimum atomic E-state index is -0.300. The van der Waals surface area contributed by atoms with Crippen LogP contribution >= 0.6 is 0 Å². The van der Waals surface area contributed by atoms with Crippen molar-refractivity contribution in [2.75, 3.05) is 6.61 Å². The van der Waals surface area contributed by atoms with Crippen molar-refractivity contribution in [2.45, 2.75) is 58.8 Å². The van der Waals surface area contributed by atoms with E-state index in [-0.39, 0.29) is 5.97 Å². The monoisotopic (exact) mass is 367 g/mol. The van der Waals surface area contributed by atoms with Gasteiger partial charge in [-0.2, -0.15) is 0 Å². The van der Waals surface area contributed by atoms with Gasteiger partial charge in [0.05, 0.1) is 23.2 Å². The number of aromatic nitrogens is 3. The molecular formula is C22H29N3O2. The van der Waals surface area contributed by atoms with Crippen LogP contribution in [0.1, 0.15) is 68.4 Å².